The molecule has 0 amide bonds. The lowest BCUT2D eigenvalue weighted by Gasteiger charge is -2.17. The Bertz CT molecular complexity index is 811. The average molecular weight is 276 g/mol. The number of aromatic nitrogens is 4. The highest BCUT2D eigenvalue weighted by Gasteiger charge is 2.22. The maximum atomic E-state index is 5.11. The van der Waals surface area contributed by atoms with Gasteiger partial charge in [-0.1, -0.05) is 6.92 Å². The minimum absolute atomic E-state index is 0.522. The first-order chi connectivity index (χ1) is 8.72. The Hall–Kier alpha value is -1.27. The van der Waals surface area contributed by atoms with Gasteiger partial charge in [0, 0.05) is 4.88 Å². The van der Waals surface area contributed by atoms with Crippen LogP contribution < -0.4 is 0 Å². The molecule has 0 aliphatic heterocycles. The summed E-state index contributed by atoms with van der Waals surface area (Å²) in [6.45, 7) is 2.32. The maximum absolute atomic E-state index is 5.11. The third-order valence-electron chi connectivity index (χ3n) is 3.66. The van der Waals surface area contributed by atoms with Crippen LogP contribution in [0, 0.1) is 10.7 Å². The highest BCUT2D eigenvalue weighted by molar-refractivity contribution is 7.71. The number of nitrogens with zero attached hydrogens (tertiary/aromatic N) is 3. The van der Waals surface area contributed by atoms with Crippen LogP contribution in [0.1, 0.15) is 23.8 Å². The van der Waals surface area contributed by atoms with E-state index in [0.717, 1.165) is 22.8 Å². The fraction of sp³-hybridized carbons (Fsp3) is 0.417. The van der Waals surface area contributed by atoms with Crippen LogP contribution >= 0.6 is 23.6 Å². The third kappa shape index (κ3) is 1.39. The largest absolute Gasteiger partial charge is 0.265 e. The quantitative estimate of drug-likeness (QED) is 0.642. The number of fused-ring (bicyclic) bond motifs is 5. The molecule has 1 atom stereocenters. The van der Waals surface area contributed by atoms with Gasteiger partial charge in [0.05, 0.1) is 5.39 Å². The number of H-pyrrole nitrogens is 1. The number of thiophene rings is 1. The van der Waals surface area contributed by atoms with Crippen molar-refractivity contribution in [3.05, 3.63) is 21.5 Å². The van der Waals surface area contributed by atoms with Gasteiger partial charge in [0.15, 0.2) is 5.65 Å². The van der Waals surface area contributed by atoms with E-state index in [1.54, 1.807) is 6.33 Å². The van der Waals surface area contributed by atoms with Crippen molar-refractivity contribution in [1.82, 2.24) is 19.6 Å². The van der Waals surface area contributed by atoms with Crippen molar-refractivity contribution in [2.45, 2.75) is 26.2 Å². The molecule has 1 aliphatic carbocycles. The Morgan fingerprint density at radius 3 is 3.33 bits per heavy atom. The molecule has 0 fully saturated rings. The molecule has 18 heavy (non-hydrogen) atoms. The summed E-state index contributed by atoms with van der Waals surface area (Å²) in [5.74, 6) is 0.780. The number of rotatable bonds is 0. The average Bonchev–Trinajstić information content (AvgIpc) is 2.86. The van der Waals surface area contributed by atoms with Crippen LogP contribution in [0.2, 0.25) is 0 Å². The van der Waals surface area contributed by atoms with Gasteiger partial charge in [-0.25, -0.2) is 9.50 Å². The van der Waals surface area contributed by atoms with Crippen LogP contribution in [0.5, 0.6) is 0 Å². The van der Waals surface area contributed by atoms with Gasteiger partial charge in [0.1, 0.15) is 11.2 Å². The molecule has 6 heteroatoms. The summed E-state index contributed by atoms with van der Waals surface area (Å²) in [6, 6.07) is 0. The zero-order valence-corrected chi connectivity index (χ0v) is 11.6. The molecule has 92 valence electrons. The van der Waals surface area contributed by atoms with Crippen LogP contribution in [-0.2, 0) is 12.8 Å². The van der Waals surface area contributed by atoms with Crippen LogP contribution in [0.3, 0.4) is 0 Å². The van der Waals surface area contributed by atoms with Crippen LogP contribution in [0.15, 0.2) is 6.33 Å². The smallest absolute Gasteiger partial charge is 0.214 e. The van der Waals surface area contributed by atoms with E-state index < -0.39 is 0 Å². The Balaban J connectivity index is 2.14. The Kier molecular flexibility index (Phi) is 2.14. The predicted molar refractivity (Wildman–Crippen MR) is 74.7 cm³/mol. The minimum atomic E-state index is 0.522. The molecule has 0 saturated carbocycles. The molecule has 0 aromatic carbocycles. The van der Waals surface area contributed by atoms with E-state index in [0.29, 0.717) is 4.77 Å². The summed E-state index contributed by atoms with van der Waals surface area (Å²) >= 11 is 6.93. The van der Waals surface area contributed by atoms with Crippen LogP contribution in [-0.4, -0.2) is 19.6 Å². The van der Waals surface area contributed by atoms with Crippen molar-refractivity contribution in [1.29, 1.82) is 0 Å². The lowest BCUT2D eigenvalue weighted by atomic mass is 9.89. The highest BCUT2D eigenvalue weighted by Crippen LogP contribution is 2.38. The van der Waals surface area contributed by atoms with Gasteiger partial charge in [-0.3, -0.25) is 5.10 Å². The summed E-state index contributed by atoms with van der Waals surface area (Å²) in [6.07, 6.45) is 5.34. The number of aromatic amines is 1. The van der Waals surface area contributed by atoms with Crippen molar-refractivity contribution in [3.8, 4) is 0 Å². The van der Waals surface area contributed by atoms with Crippen molar-refractivity contribution >= 4 is 39.4 Å². The second-order valence-electron chi connectivity index (χ2n) is 5.00. The molecule has 3 heterocycles. The molecule has 0 spiro atoms. The Labute approximate surface area is 113 Å². The van der Waals surface area contributed by atoms with Gasteiger partial charge in [0.2, 0.25) is 4.77 Å². The number of hydrogen-bond donors (Lipinski definition) is 1. The molecule has 0 bridgehead atoms. The van der Waals surface area contributed by atoms with E-state index >= 15 is 0 Å². The number of nitrogens with one attached hydrogen (secondary N) is 1. The van der Waals surface area contributed by atoms with Gasteiger partial charge >= 0.3 is 0 Å². The minimum Gasteiger partial charge on any atom is -0.265 e. The molecule has 1 N–H and O–H groups in total. The van der Waals surface area contributed by atoms with Gasteiger partial charge < -0.3 is 0 Å². The molecular weight excluding hydrogens is 264 g/mol. The standard InChI is InChI=1S/C12H12N4S2/c1-6-2-3-7-8(4-6)18-11-9(7)10-14-12(17)15-16(10)5-13-11/h5-6H,2-4H2,1H3,(H,15,17)/t6-/m0/s1. The lowest BCUT2D eigenvalue weighted by molar-refractivity contribution is 0.509. The Morgan fingerprint density at radius 1 is 1.56 bits per heavy atom. The molecule has 0 radical (unpaired) electrons. The fourth-order valence-electron chi connectivity index (χ4n) is 2.76. The van der Waals surface area contributed by atoms with Gasteiger partial charge in [-0.15, -0.1) is 11.3 Å². The van der Waals surface area contributed by atoms with Crippen molar-refractivity contribution in [2.24, 2.45) is 5.92 Å². The van der Waals surface area contributed by atoms with Crippen molar-refractivity contribution < 1.29 is 0 Å². The van der Waals surface area contributed by atoms with E-state index in [2.05, 4.69) is 22.0 Å². The zero-order valence-electron chi connectivity index (χ0n) is 9.93. The fourth-order valence-corrected chi connectivity index (χ4v) is 4.29. The Morgan fingerprint density at radius 2 is 2.44 bits per heavy atom. The maximum Gasteiger partial charge on any atom is 0.214 e. The highest BCUT2D eigenvalue weighted by atomic mass is 32.1. The molecule has 0 saturated heterocycles. The summed E-state index contributed by atoms with van der Waals surface area (Å²) in [7, 11) is 0. The summed E-state index contributed by atoms with van der Waals surface area (Å²) in [4.78, 5) is 11.5. The van der Waals surface area contributed by atoms with E-state index in [4.69, 9.17) is 12.2 Å². The summed E-state index contributed by atoms with van der Waals surface area (Å²) in [5.41, 5.74) is 2.37. The second-order valence-corrected chi connectivity index (χ2v) is 6.47. The molecular formula is C12H12N4S2. The van der Waals surface area contributed by atoms with Crippen LogP contribution in [0.4, 0.5) is 0 Å². The summed E-state index contributed by atoms with van der Waals surface area (Å²) < 4.78 is 2.35. The third-order valence-corrected chi connectivity index (χ3v) is 5.00. The SMILES string of the molecule is C[C@H]1CCc2c(sc3ncn4[nH]c(=S)nc4c23)C1. The number of aryl methyl sites for hydroxylation is 1. The zero-order chi connectivity index (χ0) is 12.3. The van der Waals surface area contributed by atoms with E-state index in [1.807, 2.05) is 15.9 Å². The first-order valence-electron chi connectivity index (χ1n) is 6.10. The normalized spacial score (nSPS) is 19.5. The molecule has 1 aliphatic rings. The molecule has 0 unspecified atom stereocenters. The molecule has 3 aromatic rings. The topological polar surface area (TPSA) is 46.0 Å². The number of hydrogen-bond acceptors (Lipinski definition) is 4. The van der Waals surface area contributed by atoms with Gasteiger partial charge in [0.25, 0.3) is 0 Å². The van der Waals surface area contributed by atoms with Crippen molar-refractivity contribution in [2.75, 3.05) is 0 Å². The predicted octanol–water partition coefficient (Wildman–Crippen LogP) is 3.13. The monoisotopic (exact) mass is 276 g/mol. The lowest BCUT2D eigenvalue weighted by Crippen LogP contribution is -2.08. The summed E-state index contributed by atoms with van der Waals surface area (Å²) in [5, 5.41) is 4.22. The second kappa shape index (κ2) is 3.61. The van der Waals surface area contributed by atoms with Crippen molar-refractivity contribution in [3.63, 3.8) is 0 Å². The van der Waals surface area contributed by atoms with Gasteiger partial charge in [-0.05, 0) is 43.0 Å². The van der Waals surface area contributed by atoms with E-state index in [-0.39, 0.29) is 0 Å². The van der Waals surface area contributed by atoms with Crippen LogP contribution in [0.25, 0.3) is 15.9 Å². The molecule has 3 aromatic heterocycles. The molecule has 4 nitrogen and oxygen atoms in total. The first-order valence-corrected chi connectivity index (χ1v) is 7.32. The van der Waals surface area contributed by atoms with E-state index in [9.17, 15) is 0 Å². The van der Waals surface area contributed by atoms with Gasteiger partial charge in [-0.2, -0.15) is 4.98 Å². The first kappa shape index (κ1) is 10.6. The van der Waals surface area contributed by atoms with E-state index in [1.165, 1.54) is 28.7 Å². The molecule has 4 rings (SSSR count).